The number of rotatable bonds is 1. The number of para-hydroxylation sites is 1. The zero-order valence-corrected chi connectivity index (χ0v) is 14.5. The first kappa shape index (κ1) is 17.7. The molecular weight excluding hydrogens is 332 g/mol. The molecule has 3 heterocycles. The van der Waals surface area contributed by atoms with Gasteiger partial charge in [0.1, 0.15) is 0 Å². The molecule has 6 nitrogen and oxygen atoms in total. The fraction of sp³-hybridized carbons (Fsp3) is 0.529. The second-order valence-electron chi connectivity index (χ2n) is 6.50. The number of nitrogens with zero attached hydrogens (tertiary/aromatic N) is 1. The minimum Gasteiger partial charge on any atom is -0.357 e. The van der Waals surface area contributed by atoms with Gasteiger partial charge in [0, 0.05) is 23.1 Å². The summed E-state index contributed by atoms with van der Waals surface area (Å²) in [7, 11) is -4.69. The summed E-state index contributed by atoms with van der Waals surface area (Å²) in [6.45, 7) is 4.89. The maximum absolute atomic E-state index is 8.60. The van der Waals surface area contributed by atoms with Gasteiger partial charge in [-0.3, -0.25) is 4.90 Å². The Kier molecular flexibility index (Phi) is 5.15. The average molecular weight is 355 g/mol. The fourth-order valence-electron chi connectivity index (χ4n) is 4.25. The van der Waals surface area contributed by atoms with Crippen LogP contribution in [0, 0.1) is 16.2 Å². The maximum Gasteiger partial charge on any atom is 0.0777 e. The largest absolute Gasteiger partial charge is 0.357 e. The molecule has 1 fully saturated rings. The third-order valence-corrected chi connectivity index (χ3v) is 5.18. The Morgan fingerprint density at radius 2 is 1.96 bits per heavy atom. The summed E-state index contributed by atoms with van der Waals surface area (Å²) in [5, 5.41) is 1.46. The molecule has 0 saturated carbocycles. The van der Waals surface area contributed by atoms with Gasteiger partial charge in [0.25, 0.3) is 0 Å². The van der Waals surface area contributed by atoms with Crippen LogP contribution >= 0.6 is 0 Å². The SMILES string of the molecule is CCC1CCCN2CCc3c([nH]c4ccccc34)C12.[O-][Cl+3]([O-])([O-])O. The molecule has 1 saturated heterocycles. The van der Waals surface area contributed by atoms with Gasteiger partial charge in [-0.2, -0.15) is 14.0 Å². The molecule has 1 aromatic heterocycles. The highest BCUT2D eigenvalue weighted by Crippen LogP contribution is 2.43. The quantitative estimate of drug-likeness (QED) is 0.735. The van der Waals surface area contributed by atoms with Crippen molar-refractivity contribution in [2.24, 2.45) is 5.92 Å². The Bertz CT molecular complexity index is 691. The summed E-state index contributed by atoms with van der Waals surface area (Å²) in [5.41, 5.74) is 4.45. The normalized spacial score (nSPS) is 24.0. The maximum atomic E-state index is 8.60. The van der Waals surface area contributed by atoms with E-state index in [4.69, 9.17) is 18.6 Å². The number of hydrogen-bond donors (Lipinski definition) is 2. The number of H-pyrrole nitrogens is 1. The molecule has 24 heavy (non-hydrogen) atoms. The van der Waals surface area contributed by atoms with Gasteiger partial charge in [0.05, 0.1) is 20.9 Å². The summed E-state index contributed by atoms with van der Waals surface area (Å²) in [4.78, 5) is 6.46. The molecule has 0 radical (unpaired) electrons. The number of nitrogens with one attached hydrogen (secondary N) is 1. The van der Waals surface area contributed by atoms with Gasteiger partial charge >= 0.3 is 0 Å². The van der Waals surface area contributed by atoms with Crippen molar-refractivity contribution < 1.29 is 28.9 Å². The Morgan fingerprint density at radius 1 is 1.25 bits per heavy atom. The van der Waals surface area contributed by atoms with Gasteiger partial charge in [-0.25, -0.2) is 0 Å². The fourth-order valence-corrected chi connectivity index (χ4v) is 4.25. The van der Waals surface area contributed by atoms with Crippen LogP contribution in [0.1, 0.15) is 43.5 Å². The van der Waals surface area contributed by atoms with E-state index < -0.39 is 10.2 Å². The van der Waals surface area contributed by atoms with Gasteiger partial charge in [0.15, 0.2) is 0 Å². The monoisotopic (exact) mass is 354 g/mol. The number of halogens is 1. The van der Waals surface area contributed by atoms with E-state index in [0.29, 0.717) is 6.04 Å². The van der Waals surface area contributed by atoms with Crippen LogP contribution in [0.15, 0.2) is 24.3 Å². The second-order valence-corrected chi connectivity index (χ2v) is 7.29. The topological polar surface area (TPSA) is 108 Å². The average Bonchev–Trinajstić information content (AvgIpc) is 2.91. The molecular formula is C17H23ClN2O4. The highest BCUT2D eigenvalue weighted by atomic mass is 35.7. The van der Waals surface area contributed by atoms with Crippen molar-refractivity contribution in [1.29, 1.82) is 0 Å². The van der Waals surface area contributed by atoms with E-state index in [1.807, 2.05) is 0 Å². The third kappa shape index (κ3) is 3.74. The number of aromatic nitrogens is 1. The van der Waals surface area contributed by atoms with Crippen LogP contribution in [0.4, 0.5) is 0 Å². The molecule has 0 spiro atoms. The number of fused-ring (bicyclic) bond motifs is 5. The predicted molar refractivity (Wildman–Crippen MR) is 81.6 cm³/mol. The number of piperidine rings is 1. The van der Waals surface area contributed by atoms with Crippen molar-refractivity contribution in [2.45, 2.75) is 38.6 Å². The molecule has 0 bridgehead atoms. The third-order valence-electron chi connectivity index (χ3n) is 5.18. The van der Waals surface area contributed by atoms with Crippen LogP contribution in [0.3, 0.4) is 0 Å². The van der Waals surface area contributed by atoms with Gasteiger partial charge in [-0.1, -0.05) is 31.5 Å². The Hall–Kier alpha value is -1.15. The van der Waals surface area contributed by atoms with Crippen molar-refractivity contribution in [3.63, 3.8) is 0 Å². The number of aromatic amines is 1. The molecule has 4 rings (SSSR count). The molecule has 132 valence electrons. The highest BCUT2D eigenvalue weighted by molar-refractivity contribution is 5.85. The van der Waals surface area contributed by atoms with Crippen molar-refractivity contribution in [2.75, 3.05) is 13.1 Å². The van der Waals surface area contributed by atoms with Crippen LogP contribution in [-0.2, 0) is 6.42 Å². The minimum atomic E-state index is -4.69. The van der Waals surface area contributed by atoms with E-state index in [1.54, 1.807) is 5.56 Å². The first-order valence-corrected chi connectivity index (χ1v) is 9.61. The van der Waals surface area contributed by atoms with Crippen LogP contribution in [-0.4, -0.2) is 27.6 Å². The zero-order chi connectivity index (χ0) is 17.3. The lowest BCUT2D eigenvalue weighted by Gasteiger charge is -2.44. The molecule has 2 N–H and O–H groups in total. The van der Waals surface area contributed by atoms with Crippen molar-refractivity contribution >= 4 is 10.9 Å². The summed E-state index contributed by atoms with van der Waals surface area (Å²) in [5.74, 6) is 0.834. The predicted octanol–water partition coefficient (Wildman–Crippen LogP) is -0.237. The number of hydrogen-bond acceptors (Lipinski definition) is 5. The molecule has 1 aromatic carbocycles. The molecule has 2 unspecified atom stereocenters. The first-order chi connectivity index (χ1) is 11.4. The van der Waals surface area contributed by atoms with Crippen molar-refractivity contribution in [1.82, 2.24) is 9.88 Å². The van der Waals surface area contributed by atoms with E-state index >= 15 is 0 Å². The Labute approximate surface area is 143 Å². The first-order valence-electron chi connectivity index (χ1n) is 8.35. The zero-order valence-electron chi connectivity index (χ0n) is 13.7. The van der Waals surface area contributed by atoms with Crippen molar-refractivity contribution in [3.8, 4) is 0 Å². The number of benzene rings is 1. The molecule has 0 amide bonds. The van der Waals surface area contributed by atoms with Crippen LogP contribution in [0.25, 0.3) is 10.9 Å². The Morgan fingerprint density at radius 3 is 2.67 bits per heavy atom. The van der Waals surface area contributed by atoms with Gasteiger partial charge in [-0.05, 0) is 43.4 Å². The van der Waals surface area contributed by atoms with Crippen LogP contribution < -0.4 is 14.0 Å². The van der Waals surface area contributed by atoms with E-state index in [1.165, 1.54) is 55.4 Å². The summed E-state index contributed by atoms with van der Waals surface area (Å²) < 4.78 is 32.7. The van der Waals surface area contributed by atoms with Gasteiger partial charge < -0.3 is 4.98 Å². The highest BCUT2D eigenvalue weighted by Gasteiger charge is 2.37. The van der Waals surface area contributed by atoms with Gasteiger partial charge in [0.2, 0.25) is 0 Å². The second kappa shape index (κ2) is 7.00. The lowest BCUT2D eigenvalue weighted by molar-refractivity contribution is -1.92. The van der Waals surface area contributed by atoms with Crippen LogP contribution in [0.2, 0.25) is 0 Å². The molecule has 0 aliphatic carbocycles. The molecule has 2 atom stereocenters. The minimum absolute atomic E-state index is 0.648. The molecule has 2 aliphatic heterocycles. The molecule has 2 aromatic rings. The lowest BCUT2D eigenvalue weighted by atomic mass is 9.81. The lowest BCUT2D eigenvalue weighted by Crippen LogP contribution is -2.58. The van der Waals surface area contributed by atoms with E-state index in [0.717, 1.165) is 5.92 Å². The van der Waals surface area contributed by atoms with Crippen LogP contribution in [0.5, 0.6) is 0 Å². The van der Waals surface area contributed by atoms with E-state index in [2.05, 4.69) is 41.1 Å². The molecule has 7 heteroatoms. The van der Waals surface area contributed by atoms with E-state index in [9.17, 15) is 0 Å². The summed E-state index contributed by atoms with van der Waals surface area (Å²) in [6, 6.07) is 9.46. The summed E-state index contributed by atoms with van der Waals surface area (Å²) in [6.07, 6.45) is 5.29. The molecule has 2 aliphatic rings. The summed E-state index contributed by atoms with van der Waals surface area (Å²) >= 11 is 0. The Balaban J connectivity index is 0.000000300. The smallest absolute Gasteiger partial charge is 0.0777 e. The van der Waals surface area contributed by atoms with Crippen molar-refractivity contribution in [3.05, 3.63) is 35.5 Å². The van der Waals surface area contributed by atoms with Gasteiger partial charge in [-0.15, -0.1) is 0 Å². The standard InChI is InChI=1S/C17H22N2.ClHO4/c1-2-12-6-5-10-19-11-9-14-13-7-3-4-8-15(13)18-16(14)17(12)19;2-1(3,4)5/h3-4,7-8,12,17-18H,2,5-6,9-11H2,1H3;(H,2,3,4,5). The van der Waals surface area contributed by atoms with E-state index in [-0.39, 0.29) is 0 Å².